The van der Waals surface area contributed by atoms with E-state index in [9.17, 15) is 14.4 Å². The first-order chi connectivity index (χ1) is 9.93. The number of alkyl halides is 1. The number of nitrogens with one attached hydrogen (secondary N) is 2. The van der Waals surface area contributed by atoms with Crippen LogP contribution in [0.4, 0.5) is 9.59 Å². The SMILES string of the molecule is CC(C)NC(=O)N[C@H]1CCN2C(=O)N(CCCl)C(=O)[C@@H]2C1. The molecule has 2 aliphatic rings. The van der Waals surface area contributed by atoms with Crippen molar-refractivity contribution in [1.82, 2.24) is 20.4 Å². The molecular weight excluding hydrogens is 296 g/mol. The molecule has 0 saturated carbocycles. The second-order valence-corrected chi connectivity index (χ2v) is 6.04. The third kappa shape index (κ3) is 3.40. The van der Waals surface area contributed by atoms with Gasteiger partial charge in [-0.25, -0.2) is 9.59 Å². The largest absolute Gasteiger partial charge is 0.336 e. The summed E-state index contributed by atoms with van der Waals surface area (Å²) in [7, 11) is 0. The van der Waals surface area contributed by atoms with Gasteiger partial charge in [-0.15, -0.1) is 11.6 Å². The van der Waals surface area contributed by atoms with Crippen LogP contribution >= 0.6 is 11.6 Å². The van der Waals surface area contributed by atoms with Crippen molar-refractivity contribution in [2.75, 3.05) is 19.0 Å². The zero-order chi connectivity index (χ0) is 15.6. The number of urea groups is 2. The fourth-order valence-electron chi connectivity index (χ4n) is 2.77. The molecule has 8 heteroatoms. The van der Waals surface area contributed by atoms with Crippen molar-refractivity contribution in [2.45, 2.75) is 44.8 Å². The number of halogens is 1. The Morgan fingerprint density at radius 2 is 2.14 bits per heavy atom. The molecule has 7 nitrogen and oxygen atoms in total. The third-order valence-electron chi connectivity index (χ3n) is 3.69. The summed E-state index contributed by atoms with van der Waals surface area (Å²) in [5, 5.41) is 5.62. The topological polar surface area (TPSA) is 81.8 Å². The van der Waals surface area contributed by atoms with Crippen molar-refractivity contribution in [3.05, 3.63) is 0 Å². The van der Waals surface area contributed by atoms with Crippen LogP contribution in [0.1, 0.15) is 26.7 Å². The minimum absolute atomic E-state index is 0.0546. The maximum Gasteiger partial charge on any atom is 0.327 e. The van der Waals surface area contributed by atoms with Crippen molar-refractivity contribution in [3.63, 3.8) is 0 Å². The van der Waals surface area contributed by atoms with Crippen LogP contribution in [-0.2, 0) is 4.79 Å². The standard InChI is InChI=1S/C13H21ClN4O3/c1-8(2)15-12(20)16-9-3-5-17-10(7-9)11(19)18(6-4-14)13(17)21/h8-10H,3-7H2,1-2H3,(H2,15,16,20)/t9-,10-/m0/s1. The van der Waals surface area contributed by atoms with Gasteiger partial charge in [0.2, 0.25) is 0 Å². The number of carbonyl (C=O) groups excluding carboxylic acids is 3. The van der Waals surface area contributed by atoms with Crippen molar-refractivity contribution in [2.24, 2.45) is 0 Å². The van der Waals surface area contributed by atoms with Crippen LogP contribution in [0.25, 0.3) is 0 Å². The second kappa shape index (κ2) is 6.51. The lowest BCUT2D eigenvalue weighted by Crippen LogP contribution is -2.52. The Morgan fingerprint density at radius 1 is 1.43 bits per heavy atom. The number of fused-ring (bicyclic) bond motifs is 1. The first-order valence-electron chi connectivity index (χ1n) is 7.19. The van der Waals surface area contributed by atoms with E-state index in [4.69, 9.17) is 11.6 Å². The molecule has 0 spiro atoms. The first kappa shape index (κ1) is 15.9. The number of nitrogens with zero attached hydrogens (tertiary/aromatic N) is 2. The van der Waals surface area contributed by atoms with Crippen LogP contribution < -0.4 is 10.6 Å². The van der Waals surface area contributed by atoms with Gasteiger partial charge in [0.25, 0.3) is 5.91 Å². The highest BCUT2D eigenvalue weighted by atomic mass is 35.5. The molecule has 2 atom stereocenters. The van der Waals surface area contributed by atoms with Gasteiger partial charge in [0.05, 0.1) is 0 Å². The van der Waals surface area contributed by atoms with Gasteiger partial charge in [-0.2, -0.15) is 0 Å². The van der Waals surface area contributed by atoms with Gasteiger partial charge >= 0.3 is 12.1 Å². The highest BCUT2D eigenvalue weighted by Gasteiger charge is 2.47. The molecule has 0 aromatic carbocycles. The monoisotopic (exact) mass is 316 g/mol. The number of hydrogen-bond donors (Lipinski definition) is 2. The molecule has 0 bridgehead atoms. The summed E-state index contributed by atoms with van der Waals surface area (Å²) in [4.78, 5) is 38.8. The van der Waals surface area contributed by atoms with E-state index in [0.29, 0.717) is 19.4 Å². The van der Waals surface area contributed by atoms with Crippen molar-refractivity contribution in [1.29, 1.82) is 0 Å². The number of piperidine rings is 1. The molecule has 0 radical (unpaired) electrons. The molecule has 2 aliphatic heterocycles. The highest BCUT2D eigenvalue weighted by Crippen LogP contribution is 2.26. The van der Waals surface area contributed by atoms with Crippen LogP contribution in [0, 0.1) is 0 Å². The average molecular weight is 317 g/mol. The second-order valence-electron chi connectivity index (χ2n) is 5.66. The molecule has 2 rings (SSSR count). The molecule has 21 heavy (non-hydrogen) atoms. The Kier molecular flexibility index (Phi) is 4.92. The molecule has 2 saturated heterocycles. The quantitative estimate of drug-likeness (QED) is 0.592. The van der Waals surface area contributed by atoms with Gasteiger partial charge in [0.1, 0.15) is 6.04 Å². The molecule has 5 amide bonds. The molecule has 2 heterocycles. The van der Waals surface area contributed by atoms with E-state index in [1.165, 1.54) is 4.90 Å². The predicted molar refractivity (Wildman–Crippen MR) is 78.1 cm³/mol. The zero-order valence-electron chi connectivity index (χ0n) is 12.3. The van der Waals surface area contributed by atoms with E-state index in [1.807, 2.05) is 13.8 Å². The fraction of sp³-hybridized carbons (Fsp3) is 0.769. The Balaban J connectivity index is 1.95. The van der Waals surface area contributed by atoms with Gasteiger partial charge in [0.15, 0.2) is 0 Å². The highest BCUT2D eigenvalue weighted by molar-refractivity contribution is 6.18. The number of hydrogen-bond acceptors (Lipinski definition) is 3. The average Bonchev–Trinajstić information content (AvgIpc) is 2.63. The Morgan fingerprint density at radius 3 is 2.76 bits per heavy atom. The number of amides is 5. The van der Waals surface area contributed by atoms with Crippen molar-refractivity contribution >= 4 is 29.6 Å². The Labute approximate surface area is 129 Å². The smallest absolute Gasteiger partial charge is 0.327 e. The minimum Gasteiger partial charge on any atom is -0.336 e. The maximum atomic E-state index is 12.2. The molecule has 0 aromatic heterocycles. The Bertz CT molecular complexity index is 443. The summed E-state index contributed by atoms with van der Waals surface area (Å²) in [6.07, 6.45) is 1.10. The summed E-state index contributed by atoms with van der Waals surface area (Å²) in [5.74, 6) is 0.0210. The number of imide groups is 1. The van der Waals surface area contributed by atoms with E-state index >= 15 is 0 Å². The predicted octanol–water partition coefficient (Wildman–Crippen LogP) is 0.728. The van der Waals surface area contributed by atoms with Crippen molar-refractivity contribution in [3.8, 4) is 0 Å². The molecule has 2 N–H and O–H groups in total. The van der Waals surface area contributed by atoms with Crippen LogP contribution in [0.2, 0.25) is 0 Å². The van der Waals surface area contributed by atoms with Crippen LogP contribution in [0.15, 0.2) is 0 Å². The lowest BCUT2D eigenvalue weighted by molar-refractivity contribution is -0.128. The normalized spacial score (nSPS) is 25.3. The van der Waals surface area contributed by atoms with Crippen LogP contribution in [-0.4, -0.2) is 64.9 Å². The summed E-state index contributed by atoms with van der Waals surface area (Å²) >= 11 is 5.63. The molecule has 0 aromatic rings. The molecule has 118 valence electrons. The van der Waals surface area contributed by atoms with Crippen LogP contribution in [0.5, 0.6) is 0 Å². The molecular formula is C13H21ClN4O3. The van der Waals surface area contributed by atoms with E-state index in [0.717, 1.165) is 0 Å². The van der Waals surface area contributed by atoms with E-state index in [1.54, 1.807) is 4.90 Å². The number of carbonyl (C=O) groups is 3. The lowest BCUT2D eigenvalue weighted by Gasteiger charge is -2.32. The first-order valence-corrected chi connectivity index (χ1v) is 7.72. The van der Waals surface area contributed by atoms with Gasteiger partial charge in [-0.05, 0) is 26.7 Å². The molecule has 0 aliphatic carbocycles. The molecule has 2 fully saturated rings. The summed E-state index contributed by atoms with van der Waals surface area (Å²) < 4.78 is 0. The molecule has 0 unspecified atom stereocenters. The van der Waals surface area contributed by atoms with Gasteiger partial charge < -0.3 is 15.5 Å². The van der Waals surface area contributed by atoms with E-state index < -0.39 is 6.04 Å². The van der Waals surface area contributed by atoms with E-state index in [2.05, 4.69) is 10.6 Å². The third-order valence-corrected chi connectivity index (χ3v) is 3.86. The minimum atomic E-state index is -0.473. The summed E-state index contributed by atoms with van der Waals surface area (Å²) in [6.45, 7) is 4.47. The van der Waals surface area contributed by atoms with Gasteiger partial charge in [-0.1, -0.05) is 0 Å². The van der Waals surface area contributed by atoms with Crippen molar-refractivity contribution < 1.29 is 14.4 Å². The number of rotatable bonds is 4. The maximum absolute atomic E-state index is 12.2. The summed E-state index contributed by atoms with van der Waals surface area (Å²) in [5.41, 5.74) is 0. The summed E-state index contributed by atoms with van der Waals surface area (Å²) in [6, 6.07) is -1.02. The van der Waals surface area contributed by atoms with Crippen LogP contribution in [0.3, 0.4) is 0 Å². The van der Waals surface area contributed by atoms with Gasteiger partial charge in [0, 0.05) is 31.1 Å². The zero-order valence-corrected chi connectivity index (χ0v) is 13.0. The Hall–Kier alpha value is -1.50. The fourth-order valence-corrected chi connectivity index (χ4v) is 2.94. The van der Waals surface area contributed by atoms with E-state index in [-0.39, 0.29) is 42.5 Å². The lowest BCUT2D eigenvalue weighted by atomic mass is 9.98. The van der Waals surface area contributed by atoms with Gasteiger partial charge in [-0.3, -0.25) is 9.69 Å².